The molecule has 2 saturated heterocycles. The number of benzene rings is 1. The van der Waals surface area contributed by atoms with Crippen molar-refractivity contribution in [3.8, 4) is 0 Å². The van der Waals surface area contributed by atoms with Crippen LogP contribution in [0.3, 0.4) is 0 Å². The Morgan fingerprint density at radius 3 is 2.96 bits per heavy atom. The highest BCUT2D eigenvalue weighted by Gasteiger charge is 2.39. The summed E-state index contributed by atoms with van der Waals surface area (Å²) in [7, 11) is 0. The summed E-state index contributed by atoms with van der Waals surface area (Å²) in [6.45, 7) is 3.89. The third-order valence-corrected chi connectivity index (χ3v) is 5.32. The summed E-state index contributed by atoms with van der Waals surface area (Å²) in [4.78, 5) is 11.3. The van der Waals surface area contributed by atoms with Crippen LogP contribution in [0, 0.1) is 0 Å². The van der Waals surface area contributed by atoms with Gasteiger partial charge in [-0.2, -0.15) is 0 Å². The van der Waals surface area contributed by atoms with Crippen LogP contribution in [-0.2, 0) is 6.54 Å². The zero-order valence-electron chi connectivity index (χ0n) is 14.1. The van der Waals surface area contributed by atoms with E-state index in [1.807, 2.05) is 6.07 Å². The van der Waals surface area contributed by atoms with E-state index < -0.39 is 0 Å². The Bertz CT molecular complexity index is 858. The summed E-state index contributed by atoms with van der Waals surface area (Å²) in [5, 5.41) is 10.5. The number of hydrogen-bond acceptors (Lipinski definition) is 6. The fourth-order valence-electron chi connectivity index (χ4n) is 4.09. The monoisotopic (exact) mass is 334 g/mol. The predicted molar refractivity (Wildman–Crippen MR) is 97.4 cm³/mol. The number of rotatable bonds is 4. The Balaban J connectivity index is 1.32. The molecule has 25 heavy (non-hydrogen) atoms. The average molecular weight is 334 g/mol. The third-order valence-electron chi connectivity index (χ3n) is 5.32. The number of nitrogens with zero attached hydrogens (tertiary/aromatic N) is 3. The standard InChI is InChI=1S/C19H22N6/c1-2-16-17(22-6-5-21-16)7-13(1)9-24-18-11-20-4-3-19(18)25-12-14-8-15(25)10-23-14/h1-3,5-7,11,14-15,20,23-24H,4,8-10,12H2. The second-order valence-electron chi connectivity index (χ2n) is 6.94. The minimum atomic E-state index is 0.635. The Labute approximate surface area is 147 Å². The molecular formula is C19H22N6. The van der Waals surface area contributed by atoms with Gasteiger partial charge in [0, 0.05) is 56.9 Å². The first-order valence-electron chi connectivity index (χ1n) is 8.94. The van der Waals surface area contributed by atoms with Gasteiger partial charge < -0.3 is 20.9 Å². The fraction of sp³-hybridized carbons (Fsp3) is 0.368. The van der Waals surface area contributed by atoms with E-state index >= 15 is 0 Å². The van der Waals surface area contributed by atoms with Crippen LogP contribution in [0.4, 0.5) is 0 Å². The SMILES string of the molecule is C1=C(NCc2ccc3nccnc3c2)C(N2CC3CC2CN3)=CCN1. The average Bonchev–Trinajstić information content (AvgIpc) is 3.30. The lowest BCUT2D eigenvalue weighted by atomic mass is 10.1. The quantitative estimate of drug-likeness (QED) is 0.778. The van der Waals surface area contributed by atoms with E-state index in [1.165, 1.54) is 23.4 Å². The van der Waals surface area contributed by atoms with Gasteiger partial charge in [-0.25, -0.2) is 0 Å². The smallest absolute Gasteiger partial charge is 0.0890 e. The fourth-order valence-corrected chi connectivity index (χ4v) is 4.09. The maximum absolute atomic E-state index is 4.40. The van der Waals surface area contributed by atoms with E-state index in [-0.39, 0.29) is 0 Å². The molecule has 2 aromatic rings. The molecule has 3 N–H and O–H groups in total. The molecule has 0 radical (unpaired) electrons. The molecule has 3 aliphatic heterocycles. The zero-order chi connectivity index (χ0) is 16.6. The summed E-state index contributed by atoms with van der Waals surface area (Å²) >= 11 is 0. The predicted octanol–water partition coefficient (Wildman–Crippen LogP) is 1.09. The minimum absolute atomic E-state index is 0.635. The van der Waals surface area contributed by atoms with Gasteiger partial charge in [-0.15, -0.1) is 0 Å². The van der Waals surface area contributed by atoms with Crippen LogP contribution in [0.25, 0.3) is 11.0 Å². The molecular weight excluding hydrogens is 312 g/mol. The first kappa shape index (κ1) is 14.7. The lowest BCUT2D eigenvalue weighted by Crippen LogP contribution is -2.45. The number of dihydropyridines is 1. The molecule has 6 heteroatoms. The molecule has 1 aromatic carbocycles. The first-order valence-corrected chi connectivity index (χ1v) is 8.94. The molecule has 1 aromatic heterocycles. The highest BCUT2D eigenvalue weighted by molar-refractivity contribution is 5.74. The molecule has 2 unspecified atom stereocenters. The zero-order valence-corrected chi connectivity index (χ0v) is 14.1. The maximum atomic E-state index is 4.40. The summed E-state index contributed by atoms with van der Waals surface area (Å²) < 4.78 is 0. The summed E-state index contributed by atoms with van der Waals surface area (Å²) in [5.74, 6) is 0. The van der Waals surface area contributed by atoms with Crippen molar-refractivity contribution in [2.75, 3.05) is 19.6 Å². The van der Waals surface area contributed by atoms with E-state index in [9.17, 15) is 0 Å². The summed E-state index contributed by atoms with van der Waals surface area (Å²) in [6.07, 6.45) is 9.14. The van der Waals surface area contributed by atoms with Gasteiger partial charge in [-0.1, -0.05) is 6.07 Å². The van der Waals surface area contributed by atoms with Gasteiger partial charge in [0.2, 0.25) is 0 Å². The van der Waals surface area contributed by atoms with Gasteiger partial charge >= 0.3 is 0 Å². The van der Waals surface area contributed by atoms with Gasteiger partial charge in [0.1, 0.15) is 0 Å². The van der Waals surface area contributed by atoms with Crippen molar-refractivity contribution in [3.05, 3.63) is 59.8 Å². The molecule has 2 fully saturated rings. The molecule has 0 spiro atoms. The van der Waals surface area contributed by atoms with E-state index in [0.717, 1.165) is 37.2 Å². The van der Waals surface area contributed by atoms with Crippen LogP contribution < -0.4 is 16.0 Å². The van der Waals surface area contributed by atoms with Crippen LogP contribution in [0.5, 0.6) is 0 Å². The molecule has 0 saturated carbocycles. The van der Waals surface area contributed by atoms with Gasteiger partial charge in [0.15, 0.2) is 0 Å². The van der Waals surface area contributed by atoms with E-state index in [0.29, 0.717) is 12.1 Å². The number of nitrogens with one attached hydrogen (secondary N) is 3. The van der Waals surface area contributed by atoms with Crippen molar-refractivity contribution in [1.29, 1.82) is 0 Å². The Kier molecular flexibility index (Phi) is 3.56. The topological polar surface area (TPSA) is 65.1 Å². The van der Waals surface area contributed by atoms with Crippen LogP contribution in [0.2, 0.25) is 0 Å². The first-order chi connectivity index (χ1) is 12.4. The molecule has 128 valence electrons. The number of hydrogen-bond donors (Lipinski definition) is 3. The molecule has 2 atom stereocenters. The van der Waals surface area contributed by atoms with Crippen LogP contribution >= 0.6 is 0 Å². The molecule has 5 rings (SSSR count). The largest absolute Gasteiger partial charge is 0.386 e. The molecule has 0 amide bonds. The second kappa shape index (κ2) is 6.04. The van der Waals surface area contributed by atoms with E-state index in [1.54, 1.807) is 12.4 Å². The van der Waals surface area contributed by atoms with E-state index in [4.69, 9.17) is 0 Å². The molecule has 0 aliphatic carbocycles. The van der Waals surface area contributed by atoms with Crippen molar-refractivity contribution in [1.82, 2.24) is 30.8 Å². The Morgan fingerprint density at radius 2 is 2.12 bits per heavy atom. The third kappa shape index (κ3) is 2.72. The lowest BCUT2D eigenvalue weighted by Gasteiger charge is -2.34. The normalized spacial score (nSPS) is 24.9. The summed E-state index contributed by atoms with van der Waals surface area (Å²) in [5.41, 5.74) is 5.61. The van der Waals surface area contributed by atoms with Gasteiger partial charge in [-0.05, 0) is 30.2 Å². The van der Waals surface area contributed by atoms with Crippen molar-refractivity contribution < 1.29 is 0 Å². The van der Waals surface area contributed by atoms with E-state index in [2.05, 4.69) is 55.2 Å². The van der Waals surface area contributed by atoms with Gasteiger partial charge in [0.25, 0.3) is 0 Å². The van der Waals surface area contributed by atoms with Gasteiger partial charge in [-0.3, -0.25) is 9.97 Å². The molecule has 4 heterocycles. The number of likely N-dealkylation sites (tertiary alicyclic amines) is 1. The van der Waals surface area contributed by atoms with Crippen molar-refractivity contribution in [3.63, 3.8) is 0 Å². The van der Waals surface area contributed by atoms with Crippen LogP contribution in [-0.4, -0.2) is 46.6 Å². The minimum Gasteiger partial charge on any atom is -0.386 e. The maximum Gasteiger partial charge on any atom is 0.0890 e. The second-order valence-corrected chi connectivity index (χ2v) is 6.94. The summed E-state index contributed by atoms with van der Waals surface area (Å²) in [6, 6.07) is 7.55. The Hall–Kier alpha value is -2.60. The molecule has 6 nitrogen and oxygen atoms in total. The Morgan fingerprint density at radius 1 is 1.20 bits per heavy atom. The number of aromatic nitrogens is 2. The highest BCUT2D eigenvalue weighted by Crippen LogP contribution is 2.30. The van der Waals surface area contributed by atoms with Crippen molar-refractivity contribution in [2.45, 2.75) is 25.0 Å². The van der Waals surface area contributed by atoms with Gasteiger partial charge in [0.05, 0.1) is 22.4 Å². The highest BCUT2D eigenvalue weighted by atomic mass is 15.3. The van der Waals surface area contributed by atoms with Crippen LogP contribution in [0.1, 0.15) is 12.0 Å². The number of fused-ring (bicyclic) bond motifs is 3. The van der Waals surface area contributed by atoms with Crippen molar-refractivity contribution in [2.24, 2.45) is 0 Å². The molecule has 3 aliphatic rings. The van der Waals surface area contributed by atoms with Crippen molar-refractivity contribution >= 4 is 11.0 Å². The van der Waals surface area contributed by atoms with Crippen LogP contribution in [0.15, 0.2) is 54.3 Å². The number of piperazine rings is 1. The lowest BCUT2D eigenvalue weighted by molar-refractivity contribution is 0.284. The molecule has 2 bridgehead atoms.